The van der Waals surface area contributed by atoms with Gasteiger partial charge in [0, 0.05) is 18.2 Å². The fourth-order valence-corrected chi connectivity index (χ4v) is 1.60. The highest BCUT2D eigenvalue weighted by Crippen LogP contribution is 2.24. The number of hydrogen-bond acceptors (Lipinski definition) is 6. The number of ether oxygens (including phenoxy) is 2. The van der Waals surface area contributed by atoms with E-state index in [-0.39, 0.29) is 23.0 Å². The van der Waals surface area contributed by atoms with Gasteiger partial charge in [-0.2, -0.15) is 0 Å². The average molecular weight is 310 g/mol. The van der Waals surface area contributed by atoms with E-state index in [9.17, 15) is 19.7 Å². The maximum absolute atomic E-state index is 12.0. The molecule has 1 rings (SSSR count). The molecule has 1 N–H and O–H groups in total. The lowest BCUT2D eigenvalue weighted by atomic mass is 10.2. The molecule has 0 fully saturated rings. The zero-order valence-electron chi connectivity index (χ0n) is 12.6. The summed E-state index contributed by atoms with van der Waals surface area (Å²) in [5, 5.41) is 13.4. The van der Waals surface area contributed by atoms with Gasteiger partial charge >= 0.3 is 5.97 Å². The Balaban J connectivity index is 2.78. The maximum atomic E-state index is 12.0. The van der Waals surface area contributed by atoms with Crippen molar-refractivity contribution in [3.8, 4) is 5.75 Å². The summed E-state index contributed by atoms with van der Waals surface area (Å²) in [5.41, 5.74) is -0.371. The molecule has 1 aromatic carbocycles. The van der Waals surface area contributed by atoms with Crippen molar-refractivity contribution >= 4 is 17.6 Å². The van der Waals surface area contributed by atoms with Crippen LogP contribution in [-0.2, 0) is 9.53 Å². The Morgan fingerprint density at radius 1 is 1.41 bits per heavy atom. The second-order valence-electron chi connectivity index (χ2n) is 4.59. The highest BCUT2D eigenvalue weighted by Gasteiger charge is 2.19. The number of amides is 1. The van der Waals surface area contributed by atoms with Gasteiger partial charge < -0.3 is 14.8 Å². The number of hydrogen-bond donors (Lipinski definition) is 1. The number of nitro groups is 1. The van der Waals surface area contributed by atoms with Gasteiger partial charge in [0.15, 0.2) is 6.61 Å². The molecule has 0 bridgehead atoms. The Hall–Kier alpha value is -2.64. The van der Waals surface area contributed by atoms with Gasteiger partial charge in [-0.15, -0.1) is 0 Å². The Bertz CT molecular complexity index is 572. The summed E-state index contributed by atoms with van der Waals surface area (Å²) in [6.07, 6.45) is 0.748. The van der Waals surface area contributed by atoms with Crippen molar-refractivity contribution in [1.29, 1.82) is 0 Å². The van der Waals surface area contributed by atoms with Crippen LogP contribution in [0.25, 0.3) is 0 Å². The van der Waals surface area contributed by atoms with Crippen molar-refractivity contribution in [2.45, 2.75) is 26.3 Å². The number of methoxy groups -OCH3 is 1. The third kappa shape index (κ3) is 4.72. The van der Waals surface area contributed by atoms with E-state index >= 15 is 0 Å². The monoisotopic (exact) mass is 310 g/mol. The van der Waals surface area contributed by atoms with Gasteiger partial charge in [-0.3, -0.25) is 14.9 Å². The molecular formula is C14H18N2O6. The number of benzene rings is 1. The Kier molecular flexibility index (Phi) is 6.30. The molecule has 1 amide bonds. The number of nitrogens with zero attached hydrogens (tertiary/aromatic N) is 1. The first-order chi connectivity index (χ1) is 10.4. The molecule has 0 aromatic heterocycles. The summed E-state index contributed by atoms with van der Waals surface area (Å²) in [7, 11) is 1.33. The SMILES string of the molecule is CC[C@@H](C)NC(=O)COC(=O)c1cc([N+](=O)[O-])ccc1OC. The molecule has 8 heteroatoms. The lowest BCUT2D eigenvalue weighted by molar-refractivity contribution is -0.384. The van der Waals surface area contributed by atoms with E-state index in [0.29, 0.717) is 0 Å². The highest BCUT2D eigenvalue weighted by atomic mass is 16.6. The topological polar surface area (TPSA) is 108 Å². The van der Waals surface area contributed by atoms with Crippen molar-refractivity contribution in [2.75, 3.05) is 13.7 Å². The molecule has 0 heterocycles. The first-order valence-electron chi connectivity index (χ1n) is 6.68. The van der Waals surface area contributed by atoms with Crippen LogP contribution in [0.2, 0.25) is 0 Å². The molecule has 0 unspecified atom stereocenters. The zero-order chi connectivity index (χ0) is 16.7. The molecule has 0 aliphatic rings. The number of nitrogens with one attached hydrogen (secondary N) is 1. The fourth-order valence-electron chi connectivity index (χ4n) is 1.60. The van der Waals surface area contributed by atoms with E-state index in [4.69, 9.17) is 9.47 Å². The third-order valence-electron chi connectivity index (χ3n) is 2.97. The molecule has 120 valence electrons. The van der Waals surface area contributed by atoms with Crippen LogP contribution in [0.15, 0.2) is 18.2 Å². The predicted octanol–water partition coefficient (Wildman–Crippen LogP) is 1.67. The largest absolute Gasteiger partial charge is 0.496 e. The first-order valence-corrected chi connectivity index (χ1v) is 6.68. The Morgan fingerprint density at radius 3 is 2.64 bits per heavy atom. The summed E-state index contributed by atoms with van der Waals surface area (Å²) in [6.45, 7) is 3.27. The molecule has 0 aliphatic heterocycles. The van der Waals surface area contributed by atoms with Gasteiger partial charge in [0.1, 0.15) is 11.3 Å². The Labute approximate surface area is 127 Å². The van der Waals surface area contributed by atoms with Crippen LogP contribution < -0.4 is 10.1 Å². The molecule has 0 saturated carbocycles. The molecule has 0 aliphatic carbocycles. The van der Waals surface area contributed by atoms with Gasteiger partial charge in [0.2, 0.25) is 0 Å². The van der Waals surface area contributed by atoms with E-state index < -0.39 is 23.4 Å². The van der Waals surface area contributed by atoms with E-state index in [1.807, 2.05) is 13.8 Å². The number of carbonyl (C=O) groups excluding carboxylic acids is 2. The van der Waals surface area contributed by atoms with Crippen LogP contribution in [0, 0.1) is 10.1 Å². The number of rotatable bonds is 7. The van der Waals surface area contributed by atoms with Crippen LogP contribution in [0.4, 0.5) is 5.69 Å². The van der Waals surface area contributed by atoms with Crippen molar-refractivity contribution in [2.24, 2.45) is 0 Å². The zero-order valence-corrected chi connectivity index (χ0v) is 12.6. The molecule has 0 spiro atoms. The van der Waals surface area contributed by atoms with Crippen molar-refractivity contribution < 1.29 is 24.0 Å². The van der Waals surface area contributed by atoms with E-state index in [1.54, 1.807) is 0 Å². The van der Waals surface area contributed by atoms with Gasteiger partial charge in [-0.25, -0.2) is 4.79 Å². The minimum absolute atomic E-state index is 0.0291. The number of carbonyl (C=O) groups is 2. The minimum Gasteiger partial charge on any atom is -0.496 e. The van der Waals surface area contributed by atoms with Crippen molar-refractivity contribution in [3.63, 3.8) is 0 Å². The normalized spacial score (nSPS) is 11.4. The summed E-state index contributed by atoms with van der Waals surface area (Å²) in [6, 6.07) is 3.53. The maximum Gasteiger partial charge on any atom is 0.342 e. The van der Waals surface area contributed by atoms with Gasteiger partial charge in [-0.05, 0) is 19.4 Å². The number of esters is 1. The second kappa shape index (κ2) is 7.96. The highest BCUT2D eigenvalue weighted by molar-refractivity contribution is 5.94. The molecule has 0 saturated heterocycles. The number of nitro benzene ring substituents is 1. The quantitative estimate of drug-likeness (QED) is 0.466. The fraction of sp³-hybridized carbons (Fsp3) is 0.429. The number of non-ortho nitro benzene ring substituents is 1. The average Bonchev–Trinajstić information content (AvgIpc) is 2.51. The minimum atomic E-state index is -0.861. The van der Waals surface area contributed by atoms with Crippen LogP contribution >= 0.6 is 0 Å². The van der Waals surface area contributed by atoms with E-state index in [0.717, 1.165) is 12.5 Å². The van der Waals surface area contributed by atoms with Gasteiger partial charge in [0.25, 0.3) is 11.6 Å². The van der Waals surface area contributed by atoms with E-state index in [2.05, 4.69) is 5.32 Å². The summed E-state index contributed by atoms with van der Waals surface area (Å²) in [4.78, 5) is 33.6. The summed E-state index contributed by atoms with van der Waals surface area (Å²) in [5.74, 6) is -1.16. The molecule has 0 radical (unpaired) electrons. The summed E-state index contributed by atoms with van der Waals surface area (Å²) >= 11 is 0. The van der Waals surface area contributed by atoms with Crippen LogP contribution in [0.5, 0.6) is 5.75 Å². The standard InChI is InChI=1S/C14H18N2O6/c1-4-9(2)15-13(17)8-22-14(18)11-7-10(16(19)20)5-6-12(11)21-3/h5-7,9H,4,8H2,1-3H3,(H,15,17)/t9-/m1/s1. The Morgan fingerprint density at radius 2 is 2.09 bits per heavy atom. The van der Waals surface area contributed by atoms with Crippen LogP contribution in [0.1, 0.15) is 30.6 Å². The third-order valence-corrected chi connectivity index (χ3v) is 2.97. The van der Waals surface area contributed by atoms with E-state index in [1.165, 1.54) is 19.2 Å². The lowest BCUT2D eigenvalue weighted by Gasteiger charge is -2.12. The molecular weight excluding hydrogens is 292 g/mol. The smallest absolute Gasteiger partial charge is 0.342 e. The summed E-state index contributed by atoms with van der Waals surface area (Å²) < 4.78 is 9.82. The molecule has 8 nitrogen and oxygen atoms in total. The van der Waals surface area contributed by atoms with Crippen LogP contribution in [-0.4, -0.2) is 36.6 Å². The van der Waals surface area contributed by atoms with Gasteiger partial charge in [0.05, 0.1) is 12.0 Å². The lowest BCUT2D eigenvalue weighted by Crippen LogP contribution is -2.35. The predicted molar refractivity (Wildman–Crippen MR) is 77.8 cm³/mol. The van der Waals surface area contributed by atoms with Crippen molar-refractivity contribution in [1.82, 2.24) is 5.32 Å². The molecule has 1 aromatic rings. The second-order valence-corrected chi connectivity index (χ2v) is 4.59. The first kappa shape index (κ1) is 17.4. The molecule has 22 heavy (non-hydrogen) atoms. The van der Waals surface area contributed by atoms with Gasteiger partial charge in [-0.1, -0.05) is 6.92 Å². The molecule has 1 atom stereocenters. The van der Waals surface area contributed by atoms with Crippen molar-refractivity contribution in [3.05, 3.63) is 33.9 Å². The van der Waals surface area contributed by atoms with Crippen LogP contribution in [0.3, 0.4) is 0 Å².